The number of halogens is 1. The van der Waals surface area contributed by atoms with Crippen molar-refractivity contribution in [1.29, 1.82) is 0 Å². The molecule has 0 saturated carbocycles. The second-order valence-electron chi connectivity index (χ2n) is 8.76. The van der Waals surface area contributed by atoms with Crippen LogP contribution in [0.3, 0.4) is 0 Å². The molecule has 0 spiro atoms. The van der Waals surface area contributed by atoms with Gasteiger partial charge in [0.1, 0.15) is 0 Å². The summed E-state index contributed by atoms with van der Waals surface area (Å²) in [6.45, 7) is 1.49. The quantitative estimate of drug-likeness (QED) is 0.352. The van der Waals surface area contributed by atoms with Gasteiger partial charge >= 0.3 is 0 Å². The Labute approximate surface area is 207 Å². The maximum Gasteiger partial charge on any atom is 0.269 e. The number of nitrogens with zero attached hydrogens (tertiary/aromatic N) is 2. The van der Waals surface area contributed by atoms with E-state index < -0.39 is 11.0 Å². The Bertz CT molecular complexity index is 1380. The minimum absolute atomic E-state index is 0.00399. The molecule has 1 N–H and O–H groups in total. The summed E-state index contributed by atoms with van der Waals surface area (Å²) < 4.78 is 0. The van der Waals surface area contributed by atoms with Crippen molar-refractivity contribution < 1.29 is 14.5 Å². The predicted octanol–water partition coefficient (Wildman–Crippen LogP) is 6.17. The summed E-state index contributed by atoms with van der Waals surface area (Å²) >= 11 is 6.13. The van der Waals surface area contributed by atoms with E-state index in [1.165, 1.54) is 19.1 Å². The van der Waals surface area contributed by atoms with E-state index in [-0.39, 0.29) is 29.7 Å². The molecule has 8 heteroatoms. The third-order valence-corrected chi connectivity index (χ3v) is 6.82. The van der Waals surface area contributed by atoms with Gasteiger partial charge in [-0.1, -0.05) is 48.0 Å². The van der Waals surface area contributed by atoms with E-state index in [0.29, 0.717) is 28.4 Å². The Balaban J connectivity index is 1.67. The predicted molar refractivity (Wildman–Crippen MR) is 135 cm³/mol. The van der Waals surface area contributed by atoms with Crippen molar-refractivity contribution in [3.8, 4) is 0 Å². The minimum atomic E-state index is -0.630. The van der Waals surface area contributed by atoms with Gasteiger partial charge in [-0.05, 0) is 47.7 Å². The van der Waals surface area contributed by atoms with Crippen LogP contribution in [0.4, 0.5) is 17.1 Å². The van der Waals surface area contributed by atoms with E-state index in [1.807, 2.05) is 42.5 Å². The van der Waals surface area contributed by atoms with Crippen molar-refractivity contribution in [3.05, 3.63) is 110 Å². The highest BCUT2D eigenvalue weighted by molar-refractivity contribution is 6.30. The smallest absolute Gasteiger partial charge is 0.269 e. The molecule has 0 aromatic heterocycles. The van der Waals surface area contributed by atoms with Crippen LogP contribution in [0, 0.1) is 10.1 Å². The fourth-order valence-corrected chi connectivity index (χ4v) is 5.15. The van der Waals surface area contributed by atoms with E-state index >= 15 is 0 Å². The molecule has 2 aliphatic rings. The van der Waals surface area contributed by atoms with Gasteiger partial charge in [-0.2, -0.15) is 0 Å². The number of hydrogen-bond donors (Lipinski definition) is 1. The number of fused-ring (bicyclic) bond motifs is 1. The number of anilines is 2. The molecule has 176 valence electrons. The summed E-state index contributed by atoms with van der Waals surface area (Å²) in [5, 5.41) is 15.3. The normalized spacial score (nSPS) is 19.4. The minimum Gasteiger partial charge on any atom is -0.357 e. The molecule has 2 atom stereocenters. The summed E-state index contributed by atoms with van der Waals surface area (Å²) in [5.41, 5.74) is 4.15. The Morgan fingerprint density at radius 1 is 1.03 bits per heavy atom. The number of allylic oxidation sites excluding steroid dienone is 1. The van der Waals surface area contributed by atoms with Crippen molar-refractivity contribution in [2.75, 3.05) is 10.2 Å². The molecule has 0 unspecified atom stereocenters. The number of non-ortho nitro benzene ring substituents is 1. The first kappa shape index (κ1) is 22.8. The number of Topliss-reactive ketones (excluding diaryl/α,β-unsaturated/α-hetero) is 1. The van der Waals surface area contributed by atoms with Gasteiger partial charge in [0, 0.05) is 41.8 Å². The number of nitrogens with one attached hydrogen (secondary N) is 1. The SMILES string of the molecule is CC(=O)N1c2ccccc2NC2=C(C(=O)C[C@H](c3cccc([N+](=O)[O-])c3)C2)[C@H]1c1ccc(Cl)cc1. The topological polar surface area (TPSA) is 92.6 Å². The fraction of sp³-hybridized carbons (Fsp3) is 0.185. The molecule has 35 heavy (non-hydrogen) atoms. The van der Waals surface area contributed by atoms with E-state index in [4.69, 9.17) is 11.6 Å². The molecular weight excluding hydrogens is 466 g/mol. The van der Waals surface area contributed by atoms with E-state index in [0.717, 1.165) is 16.8 Å². The van der Waals surface area contributed by atoms with Gasteiger partial charge in [0.15, 0.2) is 5.78 Å². The van der Waals surface area contributed by atoms with Crippen LogP contribution in [-0.2, 0) is 9.59 Å². The fourth-order valence-electron chi connectivity index (χ4n) is 5.03. The number of rotatable bonds is 3. The molecule has 0 radical (unpaired) electrons. The highest BCUT2D eigenvalue weighted by Crippen LogP contribution is 2.47. The number of hydrogen-bond acceptors (Lipinski definition) is 5. The monoisotopic (exact) mass is 487 g/mol. The number of amides is 1. The van der Waals surface area contributed by atoms with E-state index in [2.05, 4.69) is 5.32 Å². The standard InChI is InChI=1S/C27H22ClN3O4/c1-16(32)30-24-8-3-2-7-22(24)29-23-14-19(18-5-4-6-21(13-18)31(34)35)15-25(33)26(23)27(30)17-9-11-20(28)12-10-17/h2-13,19,27,29H,14-15H2,1H3/t19-,27-/m1/s1. The first-order chi connectivity index (χ1) is 16.8. The summed E-state index contributed by atoms with van der Waals surface area (Å²) in [5.74, 6) is -0.522. The summed E-state index contributed by atoms with van der Waals surface area (Å²) in [7, 11) is 0. The van der Waals surface area contributed by atoms with Gasteiger partial charge in [-0.3, -0.25) is 24.6 Å². The molecule has 1 aliphatic heterocycles. The molecule has 7 nitrogen and oxygen atoms in total. The van der Waals surface area contributed by atoms with Crippen LogP contribution in [0.2, 0.25) is 5.02 Å². The van der Waals surface area contributed by atoms with Crippen LogP contribution in [0.5, 0.6) is 0 Å². The largest absolute Gasteiger partial charge is 0.357 e. The van der Waals surface area contributed by atoms with Crippen LogP contribution in [0.15, 0.2) is 84.1 Å². The molecule has 1 aliphatic carbocycles. The van der Waals surface area contributed by atoms with Gasteiger partial charge in [0.2, 0.25) is 5.91 Å². The average Bonchev–Trinajstić information content (AvgIpc) is 2.99. The first-order valence-electron chi connectivity index (χ1n) is 11.3. The van der Waals surface area contributed by atoms with Crippen molar-refractivity contribution in [1.82, 2.24) is 0 Å². The van der Waals surface area contributed by atoms with E-state index in [1.54, 1.807) is 23.1 Å². The van der Waals surface area contributed by atoms with Gasteiger partial charge in [-0.25, -0.2) is 0 Å². The van der Waals surface area contributed by atoms with Crippen LogP contribution >= 0.6 is 11.6 Å². The second-order valence-corrected chi connectivity index (χ2v) is 9.19. The summed E-state index contributed by atoms with van der Waals surface area (Å²) in [6.07, 6.45) is 0.667. The molecule has 1 heterocycles. The van der Waals surface area contributed by atoms with Crippen LogP contribution in [0.25, 0.3) is 0 Å². The van der Waals surface area contributed by atoms with Gasteiger partial charge in [0.25, 0.3) is 5.69 Å². The Morgan fingerprint density at radius 3 is 2.49 bits per heavy atom. The Hall–Kier alpha value is -3.97. The van der Waals surface area contributed by atoms with Crippen molar-refractivity contribution in [2.45, 2.75) is 31.7 Å². The average molecular weight is 488 g/mol. The lowest BCUT2D eigenvalue weighted by atomic mass is 9.78. The lowest BCUT2D eigenvalue weighted by Gasteiger charge is -2.34. The molecular formula is C27H22ClN3O4. The number of ketones is 1. The Kier molecular flexibility index (Phi) is 5.86. The highest BCUT2D eigenvalue weighted by atomic mass is 35.5. The molecule has 0 bridgehead atoms. The number of carbonyl (C=O) groups excluding carboxylic acids is 2. The lowest BCUT2D eigenvalue weighted by Crippen LogP contribution is -2.37. The molecule has 0 fully saturated rings. The highest BCUT2D eigenvalue weighted by Gasteiger charge is 2.40. The molecule has 3 aromatic carbocycles. The van der Waals surface area contributed by atoms with Gasteiger partial charge in [0.05, 0.1) is 22.3 Å². The molecule has 0 saturated heterocycles. The van der Waals surface area contributed by atoms with Crippen LogP contribution < -0.4 is 10.2 Å². The lowest BCUT2D eigenvalue weighted by molar-refractivity contribution is -0.384. The third-order valence-electron chi connectivity index (χ3n) is 6.57. The molecule has 5 rings (SSSR count). The molecule has 1 amide bonds. The maximum atomic E-state index is 13.8. The summed E-state index contributed by atoms with van der Waals surface area (Å²) in [4.78, 5) is 39.3. The number of nitro benzene ring substituents is 1. The van der Waals surface area contributed by atoms with Crippen molar-refractivity contribution in [3.63, 3.8) is 0 Å². The van der Waals surface area contributed by atoms with Gasteiger partial charge < -0.3 is 5.32 Å². The summed E-state index contributed by atoms with van der Waals surface area (Å²) in [6, 6.07) is 20.4. The van der Waals surface area contributed by atoms with E-state index in [9.17, 15) is 19.7 Å². The van der Waals surface area contributed by atoms with Crippen LogP contribution in [-0.4, -0.2) is 16.6 Å². The van der Waals surface area contributed by atoms with Crippen molar-refractivity contribution >= 4 is 40.4 Å². The van der Waals surface area contributed by atoms with Gasteiger partial charge in [-0.15, -0.1) is 0 Å². The van der Waals surface area contributed by atoms with Crippen LogP contribution in [0.1, 0.15) is 42.9 Å². The third kappa shape index (κ3) is 4.19. The second kappa shape index (κ2) is 9.00. The first-order valence-corrected chi connectivity index (χ1v) is 11.6. The number of para-hydroxylation sites is 2. The zero-order valence-corrected chi connectivity index (χ0v) is 19.7. The maximum absolute atomic E-state index is 13.8. The Morgan fingerprint density at radius 2 is 1.77 bits per heavy atom. The zero-order chi connectivity index (χ0) is 24.7. The van der Waals surface area contributed by atoms with Crippen molar-refractivity contribution in [2.24, 2.45) is 0 Å². The zero-order valence-electron chi connectivity index (χ0n) is 18.9. The number of nitro groups is 1. The molecule has 3 aromatic rings. The number of carbonyl (C=O) groups is 2. The number of benzene rings is 3.